The maximum absolute atomic E-state index is 12.9. The van der Waals surface area contributed by atoms with Crippen molar-refractivity contribution in [3.63, 3.8) is 0 Å². The van der Waals surface area contributed by atoms with Crippen LogP contribution in [0.5, 0.6) is 5.75 Å². The van der Waals surface area contributed by atoms with E-state index in [-0.39, 0.29) is 5.78 Å². The molecule has 2 aromatic carbocycles. The molecule has 0 aliphatic heterocycles. The van der Waals surface area contributed by atoms with Crippen molar-refractivity contribution in [2.45, 2.75) is 12.1 Å². The van der Waals surface area contributed by atoms with Crippen molar-refractivity contribution in [3.05, 3.63) is 59.8 Å². The normalized spacial score (nSPS) is 11.1. The monoisotopic (exact) mass is 392 g/mol. The minimum absolute atomic E-state index is 0.0777. The van der Waals surface area contributed by atoms with Gasteiger partial charge < -0.3 is 14.3 Å². The van der Waals surface area contributed by atoms with Gasteiger partial charge >= 0.3 is 0 Å². The molecule has 0 spiro atoms. The summed E-state index contributed by atoms with van der Waals surface area (Å²) in [6.45, 7) is 1.93. The van der Waals surface area contributed by atoms with Gasteiger partial charge in [0, 0.05) is 34.8 Å². The first-order chi connectivity index (χ1) is 13.6. The summed E-state index contributed by atoms with van der Waals surface area (Å²) in [5.41, 5.74) is 3.57. The number of hydrogen-bond acceptors (Lipinski definition) is 5. The van der Waals surface area contributed by atoms with Crippen LogP contribution < -0.4 is 4.74 Å². The summed E-state index contributed by atoms with van der Waals surface area (Å²) in [5, 5.41) is 10.2. The van der Waals surface area contributed by atoms with Crippen molar-refractivity contribution in [3.8, 4) is 17.1 Å². The average Bonchev–Trinajstić information content (AvgIpc) is 3.25. The van der Waals surface area contributed by atoms with E-state index in [1.54, 1.807) is 7.11 Å². The molecule has 0 atom stereocenters. The summed E-state index contributed by atoms with van der Waals surface area (Å²) >= 11 is 1.40. The number of aromatic amines is 1. The third-order valence-corrected chi connectivity index (χ3v) is 5.71. The Hall–Kier alpha value is -3.06. The molecule has 142 valence electrons. The summed E-state index contributed by atoms with van der Waals surface area (Å²) in [5.74, 6) is 1.92. The molecule has 7 heteroatoms. The summed E-state index contributed by atoms with van der Waals surface area (Å²) < 4.78 is 7.10. The van der Waals surface area contributed by atoms with E-state index < -0.39 is 0 Å². The second-order valence-corrected chi connectivity index (χ2v) is 7.42. The highest BCUT2D eigenvalue weighted by Crippen LogP contribution is 2.27. The van der Waals surface area contributed by atoms with Gasteiger partial charge in [-0.05, 0) is 37.3 Å². The van der Waals surface area contributed by atoms with Gasteiger partial charge in [0.15, 0.2) is 16.8 Å². The molecule has 1 N–H and O–H groups in total. The number of H-pyrrole nitrogens is 1. The number of ketones is 1. The fraction of sp³-hybridized carbons (Fsp3) is 0.190. The Labute approximate surface area is 166 Å². The number of fused-ring (bicyclic) bond motifs is 1. The number of aryl methyl sites for hydroxylation is 1. The maximum Gasteiger partial charge on any atom is 0.191 e. The molecule has 6 nitrogen and oxygen atoms in total. The second kappa shape index (κ2) is 7.52. The van der Waals surface area contributed by atoms with Crippen molar-refractivity contribution in [1.29, 1.82) is 0 Å². The number of carbonyl (C=O) groups excluding carboxylic acids is 1. The lowest BCUT2D eigenvalue weighted by Gasteiger charge is -2.05. The van der Waals surface area contributed by atoms with Crippen LogP contribution in [-0.2, 0) is 7.05 Å². The summed E-state index contributed by atoms with van der Waals surface area (Å²) in [7, 11) is 3.54. The topological polar surface area (TPSA) is 72.8 Å². The molecule has 0 radical (unpaired) electrons. The number of methoxy groups -OCH3 is 1. The van der Waals surface area contributed by atoms with E-state index in [9.17, 15) is 4.79 Å². The highest BCUT2D eigenvalue weighted by atomic mass is 32.2. The number of benzene rings is 2. The molecule has 2 aromatic heterocycles. The number of aromatic nitrogens is 4. The van der Waals surface area contributed by atoms with Gasteiger partial charge in [0.25, 0.3) is 0 Å². The van der Waals surface area contributed by atoms with Crippen LogP contribution in [0, 0.1) is 6.92 Å². The van der Waals surface area contributed by atoms with Gasteiger partial charge in [0.05, 0.1) is 12.9 Å². The Balaban J connectivity index is 1.53. The zero-order valence-corrected chi connectivity index (χ0v) is 16.7. The standard InChI is InChI=1S/C21H20N4O2S/c1-13-19(16-6-4-5-7-17(16)22-13)18(26)12-28-21-24-23-20(25(21)2)14-8-10-15(27-3)11-9-14/h4-11,22H,12H2,1-3H3. The van der Waals surface area contributed by atoms with Crippen LogP contribution in [0.25, 0.3) is 22.3 Å². The van der Waals surface area contributed by atoms with Crippen molar-refractivity contribution in [2.75, 3.05) is 12.9 Å². The first-order valence-electron chi connectivity index (χ1n) is 8.85. The first-order valence-corrected chi connectivity index (χ1v) is 9.84. The van der Waals surface area contributed by atoms with E-state index in [1.165, 1.54) is 11.8 Å². The van der Waals surface area contributed by atoms with E-state index in [2.05, 4.69) is 15.2 Å². The van der Waals surface area contributed by atoms with Crippen molar-refractivity contribution in [1.82, 2.24) is 19.7 Å². The molecule has 0 unspecified atom stereocenters. The van der Waals surface area contributed by atoms with Gasteiger partial charge in [-0.1, -0.05) is 30.0 Å². The zero-order chi connectivity index (χ0) is 19.7. The van der Waals surface area contributed by atoms with E-state index in [0.29, 0.717) is 10.9 Å². The molecule has 28 heavy (non-hydrogen) atoms. The van der Waals surface area contributed by atoms with Crippen LogP contribution in [0.15, 0.2) is 53.7 Å². The lowest BCUT2D eigenvalue weighted by atomic mass is 10.1. The van der Waals surface area contributed by atoms with Gasteiger partial charge in [-0.2, -0.15) is 0 Å². The largest absolute Gasteiger partial charge is 0.497 e. The molecule has 0 saturated heterocycles. The molecule has 0 fully saturated rings. The van der Waals surface area contributed by atoms with Crippen molar-refractivity contribution >= 4 is 28.4 Å². The van der Waals surface area contributed by atoms with Gasteiger partial charge in [0.1, 0.15) is 5.75 Å². The molecule has 0 saturated carbocycles. The minimum Gasteiger partial charge on any atom is -0.497 e. The van der Waals surface area contributed by atoms with Crippen LogP contribution in [0.1, 0.15) is 16.1 Å². The molecule has 0 amide bonds. The van der Waals surface area contributed by atoms with Crippen LogP contribution >= 0.6 is 11.8 Å². The average molecular weight is 392 g/mol. The number of Topliss-reactive ketones (excluding diaryl/α,β-unsaturated/α-hetero) is 1. The number of carbonyl (C=O) groups is 1. The first kappa shape index (κ1) is 18.3. The summed E-state index contributed by atoms with van der Waals surface area (Å²) in [6.07, 6.45) is 0. The Morgan fingerprint density at radius 3 is 2.64 bits per heavy atom. The van der Waals surface area contributed by atoms with Gasteiger partial charge in [-0.15, -0.1) is 10.2 Å². The predicted molar refractivity (Wildman–Crippen MR) is 111 cm³/mol. The van der Waals surface area contributed by atoms with Gasteiger partial charge in [-0.25, -0.2) is 0 Å². The number of thioether (sulfide) groups is 1. The lowest BCUT2D eigenvalue weighted by molar-refractivity contribution is 0.102. The maximum atomic E-state index is 12.9. The lowest BCUT2D eigenvalue weighted by Crippen LogP contribution is -2.05. The highest BCUT2D eigenvalue weighted by molar-refractivity contribution is 7.99. The molecule has 4 aromatic rings. The van der Waals surface area contributed by atoms with Gasteiger partial charge in [0.2, 0.25) is 0 Å². The molecular weight excluding hydrogens is 372 g/mol. The third kappa shape index (κ3) is 3.29. The number of para-hydroxylation sites is 1. The predicted octanol–water partition coefficient (Wildman–Crippen LogP) is 4.26. The van der Waals surface area contributed by atoms with E-state index in [4.69, 9.17) is 4.74 Å². The van der Waals surface area contributed by atoms with Crippen LogP contribution in [0.3, 0.4) is 0 Å². The zero-order valence-electron chi connectivity index (χ0n) is 15.9. The van der Waals surface area contributed by atoms with Gasteiger partial charge in [-0.3, -0.25) is 4.79 Å². The summed E-state index contributed by atoms with van der Waals surface area (Å²) in [4.78, 5) is 16.1. The molecule has 4 rings (SSSR count). The molecular formula is C21H20N4O2S. The van der Waals surface area contributed by atoms with Crippen LogP contribution in [0.4, 0.5) is 0 Å². The van der Waals surface area contributed by atoms with E-state index in [1.807, 2.05) is 67.1 Å². The number of hydrogen-bond donors (Lipinski definition) is 1. The van der Waals surface area contributed by atoms with E-state index in [0.717, 1.165) is 39.3 Å². The third-order valence-electron chi connectivity index (χ3n) is 4.69. The smallest absolute Gasteiger partial charge is 0.191 e. The molecule has 2 heterocycles. The number of nitrogens with one attached hydrogen (secondary N) is 1. The second-order valence-electron chi connectivity index (χ2n) is 6.48. The fourth-order valence-electron chi connectivity index (χ4n) is 3.27. The molecule has 0 aliphatic carbocycles. The SMILES string of the molecule is COc1ccc(-c2nnc(SCC(=O)c3c(C)[nH]c4ccccc34)n2C)cc1. The number of nitrogens with zero attached hydrogens (tertiary/aromatic N) is 3. The quantitative estimate of drug-likeness (QED) is 0.392. The molecule has 0 bridgehead atoms. The van der Waals surface area contributed by atoms with Crippen molar-refractivity contribution < 1.29 is 9.53 Å². The Kier molecular flexibility index (Phi) is 4.92. The Bertz CT molecular complexity index is 1150. The highest BCUT2D eigenvalue weighted by Gasteiger charge is 2.18. The number of ether oxygens (including phenoxy) is 1. The fourth-order valence-corrected chi connectivity index (χ4v) is 4.05. The van der Waals surface area contributed by atoms with Crippen molar-refractivity contribution in [2.24, 2.45) is 7.05 Å². The minimum atomic E-state index is 0.0777. The Morgan fingerprint density at radius 2 is 1.89 bits per heavy atom. The Morgan fingerprint density at radius 1 is 1.14 bits per heavy atom. The van der Waals surface area contributed by atoms with E-state index >= 15 is 0 Å². The van der Waals surface area contributed by atoms with Crippen LogP contribution in [-0.4, -0.2) is 38.4 Å². The van der Waals surface area contributed by atoms with Crippen LogP contribution in [0.2, 0.25) is 0 Å². The molecule has 0 aliphatic rings. The number of rotatable bonds is 6. The summed E-state index contributed by atoms with van der Waals surface area (Å²) in [6, 6.07) is 15.5.